The third kappa shape index (κ3) is 1.35. The first kappa shape index (κ1) is 12.1. The van der Waals surface area contributed by atoms with Gasteiger partial charge in [-0.05, 0) is 30.4 Å². The summed E-state index contributed by atoms with van der Waals surface area (Å²) >= 11 is 0. The molecule has 3 aliphatic rings. The van der Waals surface area contributed by atoms with Crippen molar-refractivity contribution >= 4 is 28.4 Å². The number of benzene rings is 1. The Morgan fingerprint density at radius 1 is 0.955 bits per heavy atom. The molecule has 2 aromatic rings. The van der Waals surface area contributed by atoms with E-state index in [-0.39, 0.29) is 35.5 Å². The van der Waals surface area contributed by atoms with E-state index in [1.165, 1.54) is 4.90 Å². The van der Waals surface area contributed by atoms with Crippen LogP contribution in [0.3, 0.4) is 0 Å². The molecule has 4 atom stereocenters. The lowest BCUT2D eigenvalue weighted by Gasteiger charge is -2.18. The summed E-state index contributed by atoms with van der Waals surface area (Å²) in [5, 5.41) is 0.943. The maximum atomic E-state index is 12.9. The van der Waals surface area contributed by atoms with E-state index >= 15 is 0 Å². The van der Waals surface area contributed by atoms with Gasteiger partial charge < -0.3 is 0 Å². The van der Waals surface area contributed by atoms with Crippen LogP contribution in [0.2, 0.25) is 0 Å². The molecule has 2 amide bonds. The van der Waals surface area contributed by atoms with Gasteiger partial charge in [0.2, 0.25) is 11.8 Å². The van der Waals surface area contributed by atoms with Crippen molar-refractivity contribution in [3.8, 4) is 0 Å². The van der Waals surface area contributed by atoms with Gasteiger partial charge >= 0.3 is 0 Å². The largest absolute Gasteiger partial charge is 0.274 e. The van der Waals surface area contributed by atoms with Gasteiger partial charge in [-0.2, -0.15) is 0 Å². The number of fused-ring (bicyclic) bond motifs is 6. The fraction of sp³-hybridized carbons (Fsp3) is 0.278. The summed E-state index contributed by atoms with van der Waals surface area (Å²) < 4.78 is 0. The summed E-state index contributed by atoms with van der Waals surface area (Å²) in [6.45, 7) is 0. The van der Waals surface area contributed by atoms with Gasteiger partial charge in [0, 0.05) is 11.6 Å². The topological polar surface area (TPSA) is 50.3 Å². The molecule has 0 unspecified atom stereocenters. The summed E-state index contributed by atoms with van der Waals surface area (Å²) in [4.78, 5) is 31.5. The van der Waals surface area contributed by atoms with Crippen molar-refractivity contribution in [3.63, 3.8) is 0 Å². The smallest absolute Gasteiger partial charge is 0.238 e. The van der Waals surface area contributed by atoms with Crippen LogP contribution in [0.15, 0.2) is 48.7 Å². The zero-order chi connectivity index (χ0) is 14.8. The average Bonchev–Trinajstić information content (AvgIpc) is 3.21. The SMILES string of the molecule is O=C1[C@@H]2[C@@H](C(=O)N1c1cccc3cccnc13)[C@H]1C=C[C@@H]2C1. The number of allylic oxidation sites excluding steroid dienone is 2. The lowest BCUT2D eigenvalue weighted by atomic mass is 9.85. The van der Waals surface area contributed by atoms with Crippen LogP contribution >= 0.6 is 0 Å². The second-order valence-corrected chi connectivity index (χ2v) is 6.36. The molecule has 1 saturated heterocycles. The minimum Gasteiger partial charge on any atom is -0.274 e. The van der Waals surface area contributed by atoms with E-state index in [0.29, 0.717) is 11.2 Å². The Morgan fingerprint density at radius 2 is 1.64 bits per heavy atom. The highest BCUT2D eigenvalue weighted by atomic mass is 16.2. The molecule has 2 fully saturated rings. The maximum absolute atomic E-state index is 12.9. The number of hydrogen-bond acceptors (Lipinski definition) is 3. The van der Waals surface area contributed by atoms with E-state index in [1.54, 1.807) is 6.20 Å². The lowest BCUT2D eigenvalue weighted by molar-refractivity contribution is -0.123. The molecule has 108 valence electrons. The third-order valence-electron chi connectivity index (χ3n) is 5.32. The van der Waals surface area contributed by atoms with Crippen molar-refractivity contribution < 1.29 is 9.59 Å². The average molecular weight is 290 g/mol. The molecule has 4 heteroatoms. The molecule has 22 heavy (non-hydrogen) atoms. The number of para-hydroxylation sites is 1. The highest BCUT2D eigenvalue weighted by Crippen LogP contribution is 2.53. The molecule has 0 spiro atoms. The maximum Gasteiger partial charge on any atom is 0.238 e. The monoisotopic (exact) mass is 290 g/mol. The summed E-state index contributed by atoms with van der Waals surface area (Å²) in [6, 6.07) is 9.45. The van der Waals surface area contributed by atoms with E-state index in [0.717, 1.165) is 11.8 Å². The first-order chi connectivity index (χ1) is 10.8. The Labute approximate surface area is 127 Å². The number of hydrogen-bond donors (Lipinski definition) is 0. The standard InChI is InChI=1S/C18H14N2O2/c21-17-14-11-6-7-12(9-11)15(14)18(22)20(17)13-5-1-3-10-4-2-8-19-16(10)13/h1-8,11-12,14-15H,9H2/t11-,12+,14-,15-/m0/s1. The Bertz CT molecular complexity index is 822. The Balaban J connectivity index is 1.67. The summed E-state index contributed by atoms with van der Waals surface area (Å²) in [5.74, 6) is 0.0386. The second-order valence-electron chi connectivity index (χ2n) is 6.36. The number of carbonyl (C=O) groups excluding carboxylic acids is 2. The fourth-order valence-electron chi connectivity index (χ4n) is 4.41. The third-order valence-corrected chi connectivity index (χ3v) is 5.32. The zero-order valence-electron chi connectivity index (χ0n) is 11.8. The van der Waals surface area contributed by atoms with Crippen LogP contribution in [0.1, 0.15) is 6.42 Å². The number of carbonyl (C=O) groups is 2. The number of rotatable bonds is 1. The Kier molecular flexibility index (Phi) is 2.22. The van der Waals surface area contributed by atoms with Gasteiger partial charge in [0.05, 0.1) is 23.0 Å². The molecule has 0 N–H and O–H groups in total. The van der Waals surface area contributed by atoms with Crippen LogP contribution < -0.4 is 4.90 Å². The normalized spacial score (nSPS) is 32.3. The van der Waals surface area contributed by atoms with Crippen molar-refractivity contribution in [2.24, 2.45) is 23.7 Å². The van der Waals surface area contributed by atoms with Crippen molar-refractivity contribution in [2.75, 3.05) is 4.90 Å². The molecule has 2 bridgehead atoms. The zero-order valence-corrected chi connectivity index (χ0v) is 11.8. The van der Waals surface area contributed by atoms with Gasteiger partial charge in [0.15, 0.2) is 0 Å². The molecular formula is C18H14N2O2. The highest BCUT2D eigenvalue weighted by Gasteiger charge is 2.59. The summed E-state index contributed by atoms with van der Waals surface area (Å²) in [7, 11) is 0. The van der Waals surface area contributed by atoms with Gasteiger partial charge in [-0.25, -0.2) is 4.90 Å². The van der Waals surface area contributed by atoms with E-state index in [1.807, 2.05) is 30.3 Å². The van der Waals surface area contributed by atoms with E-state index in [9.17, 15) is 9.59 Å². The van der Waals surface area contributed by atoms with Gasteiger partial charge in [0.25, 0.3) is 0 Å². The lowest BCUT2D eigenvalue weighted by Crippen LogP contribution is -2.33. The number of imide groups is 1. The fourth-order valence-corrected chi connectivity index (χ4v) is 4.41. The van der Waals surface area contributed by atoms with Crippen molar-refractivity contribution in [1.29, 1.82) is 0 Å². The molecule has 1 aromatic carbocycles. The van der Waals surface area contributed by atoms with Gasteiger partial charge in [-0.1, -0.05) is 30.4 Å². The number of aromatic nitrogens is 1. The number of pyridine rings is 1. The number of amides is 2. The highest BCUT2D eigenvalue weighted by molar-refractivity contribution is 6.25. The first-order valence-electron chi connectivity index (χ1n) is 7.65. The molecule has 1 aliphatic heterocycles. The quantitative estimate of drug-likeness (QED) is 0.599. The van der Waals surface area contributed by atoms with Crippen LogP contribution in [0, 0.1) is 23.7 Å². The minimum atomic E-state index is -0.165. The van der Waals surface area contributed by atoms with Crippen molar-refractivity contribution in [2.45, 2.75) is 6.42 Å². The van der Waals surface area contributed by atoms with Gasteiger partial charge in [0.1, 0.15) is 0 Å². The van der Waals surface area contributed by atoms with E-state index in [4.69, 9.17) is 0 Å². The number of nitrogens with zero attached hydrogens (tertiary/aromatic N) is 2. The second kappa shape index (κ2) is 4.03. The molecule has 1 aromatic heterocycles. The Morgan fingerprint density at radius 3 is 2.36 bits per heavy atom. The minimum absolute atomic E-state index is 0.0509. The van der Waals surface area contributed by atoms with E-state index in [2.05, 4.69) is 17.1 Å². The molecule has 4 nitrogen and oxygen atoms in total. The van der Waals surface area contributed by atoms with Crippen LogP contribution in [0.5, 0.6) is 0 Å². The van der Waals surface area contributed by atoms with Gasteiger partial charge in [-0.3, -0.25) is 14.6 Å². The predicted molar refractivity (Wildman–Crippen MR) is 82.0 cm³/mol. The Hall–Kier alpha value is -2.49. The van der Waals surface area contributed by atoms with Crippen LogP contribution in [0.25, 0.3) is 10.9 Å². The predicted octanol–water partition coefficient (Wildman–Crippen LogP) is 2.55. The molecule has 2 aliphatic carbocycles. The molecular weight excluding hydrogens is 276 g/mol. The van der Waals surface area contributed by atoms with Crippen LogP contribution in [-0.2, 0) is 9.59 Å². The van der Waals surface area contributed by atoms with Gasteiger partial charge in [-0.15, -0.1) is 0 Å². The summed E-state index contributed by atoms with van der Waals surface area (Å²) in [5.41, 5.74) is 1.34. The molecule has 1 saturated carbocycles. The van der Waals surface area contributed by atoms with E-state index < -0.39 is 0 Å². The van der Waals surface area contributed by atoms with Crippen molar-refractivity contribution in [1.82, 2.24) is 4.98 Å². The molecule has 2 heterocycles. The molecule has 5 rings (SSSR count). The number of anilines is 1. The summed E-state index contributed by atoms with van der Waals surface area (Å²) in [6.07, 6.45) is 6.88. The van der Waals surface area contributed by atoms with Crippen LogP contribution in [0.4, 0.5) is 5.69 Å². The van der Waals surface area contributed by atoms with Crippen molar-refractivity contribution in [3.05, 3.63) is 48.7 Å². The molecule has 0 radical (unpaired) electrons. The van der Waals surface area contributed by atoms with Crippen LogP contribution in [-0.4, -0.2) is 16.8 Å². The first-order valence-corrected chi connectivity index (χ1v) is 7.65.